The normalized spacial score (nSPS) is 10.7. The minimum absolute atomic E-state index is 0.0303. The molecule has 27 heavy (non-hydrogen) atoms. The number of anilines is 2. The van der Waals surface area contributed by atoms with Gasteiger partial charge in [0.05, 0.1) is 6.42 Å². The number of hydrogen-bond acceptors (Lipinski definition) is 3. The standard InChI is InChI=1S/C22H20N4O/c27-22(13-17-15-25-21-4-2-1-3-20(17)21)26-19-7-5-18(6-8-19)24-14-16-9-11-23-12-10-16/h1-12,15,24-25H,13-14H2,(H,26,27). The van der Waals surface area contributed by atoms with E-state index in [1.54, 1.807) is 12.4 Å². The molecular weight excluding hydrogens is 336 g/mol. The second-order valence-corrected chi connectivity index (χ2v) is 6.37. The zero-order chi connectivity index (χ0) is 18.5. The maximum absolute atomic E-state index is 12.4. The van der Waals surface area contributed by atoms with Crippen LogP contribution in [0.2, 0.25) is 0 Å². The quantitative estimate of drug-likeness (QED) is 0.481. The predicted octanol–water partition coefficient (Wildman–Crippen LogP) is 4.36. The Balaban J connectivity index is 1.34. The number of nitrogens with zero attached hydrogens (tertiary/aromatic N) is 1. The van der Waals surface area contributed by atoms with Gasteiger partial charge in [0.1, 0.15) is 0 Å². The summed E-state index contributed by atoms with van der Waals surface area (Å²) in [7, 11) is 0. The third kappa shape index (κ3) is 4.15. The number of rotatable bonds is 6. The average Bonchev–Trinajstić information content (AvgIpc) is 3.11. The lowest BCUT2D eigenvalue weighted by atomic mass is 10.1. The van der Waals surface area contributed by atoms with Gasteiger partial charge in [-0.2, -0.15) is 0 Å². The van der Waals surface area contributed by atoms with E-state index in [1.165, 1.54) is 5.56 Å². The fraction of sp³-hybridized carbons (Fsp3) is 0.0909. The summed E-state index contributed by atoms with van der Waals surface area (Å²) in [6.45, 7) is 0.731. The Bertz CT molecular complexity index is 1040. The largest absolute Gasteiger partial charge is 0.381 e. The number of fused-ring (bicyclic) bond motifs is 1. The summed E-state index contributed by atoms with van der Waals surface area (Å²) in [5.41, 5.74) is 5.00. The fourth-order valence-electron chi connectivity index (χ4n) is 3.03. The number of hydrogen-bond donors (Lipinski definition) is 3. The van der Waals surface area contributed by atoms with Crippen LogP contribution in [-0.4, -0.2) is 15.9 Å². The van der Waals surface area contributed by atoms with Crippen molar-refractivity contribution in [2.75, 3.05) is 10.6 Å². The van der Waals surface area contributed by atoms with Crippen molar-refractivity contribution in [2.45, 2.75) is 13.0 Å². The van der Waals surface area contributed by atoms with Crippen molar-refractivity contribution in [2.24, 2.45) is 0 Å². The molecule has 0 unspecified atom stereocenters. The molecule has 2 aromatic carbocycles. The predicted molar refractivity (Wildman–Crippen MR) is 109 cm³/mol. The molecule has 0 atom stereocenters. The number of carbonyl (C=O) groups is 1. The second-order valence-electron chi connectivity index (χ2n) is 6.37. The summed E-state index contributed by atoms with van der Waals surface area (Å²) >= 11 is 0. The zero-order valence-corrected chi connectivity index (χ0v) is 14.8. The molecular formula is C22H20N4O. The monoisotopic (exact) mass is 356 g/mol. The topological polar surface area (TPSA) is 69.8 Å². The Morgan fingerprint density at radius 3 is 2.48 bits per heavy atom. The van der Waals surface area contributed by atoms with Gasteiger partial charge in [0, 0.05) is 47.4 Å². The van der Waals surface area contributed by atoms with Crippen LogP contribution in [0.5, 0.6) is 0 Å². The minimum atomic E-state index is -0.0303. The van der Waals surface area contributed by atoms with Crippen molar-refractivity contribution in [1.82, 2.24) is 9.97 Å². The molecule has 0 aliphatic heterocycles. The molecule has 0 fully saturated rings. The van der Waals surface area contributed by atoms with Crippen molar-refractivity contribution >= 4 is 28.2 Å². The second kappa shape index (κ2) is 7.74. The Morgan fingerprint density at radius 2 is 1.67 bits per heavy atom. The SMILES string of the molecule is O=C(Cc1c[nH]c2ccccc12)Nc1ccc(NCc2ccncc2)cc1. The summed E-state index contributed by atoms with van der Waals surface area (Å²) in [6.07, 6.45) is 5.80. The first-order valence-corrected chi connectivity index (χ1v) is 8.85. The van der Waals surface area contributed by atoms with Gasteiger partial charge in [-0.05, 0) is 53.6 Å². The molecule has 0 aliphatic rings. The van der Waals surface area contributed by atoms with E-state index in [-0.39, 0.29) is 5.91 Å². The Hall–Kier alpha value is -3.60. The van der Waals surface area contributed by atoms with Crippen LogP contribution in [0, 0.1) is 0 Å². The van der Waals surface area contributed by atoms with Gasteiger partial charge < -0.3 is 15.6 Å². The number of carbonyl (C=O) groups excluding carboxylic acids is 1. The molecule has 5 heteroatoms. The maximum atomic E-state index is 12.4. The smallest absolute Gasteiger partial charge is 0.228 e. The van der Waals surface area contributed by atoms with Gasteiger partial charge in [0.15, 0.2) is 0 Å². The van der Waals surface area contributed by atoms with Crippen LogP contribution in [0.1, 0.15) is 11.1 Å². The van der Waals surface area contributed by atoms with Crippen LogP contribution in [0.15, 0.2) is 79.3 Å². The highest BCUT2D eigenvalue weighted by Gasteiger charge is 2.09. The van der Waals surface area contributed by atoms with Gasteiger partial charge in [0.2, 0.25) is 5.91 Å². The summed E-state index contributed by atoms with van der Waals surface area (Å²) in [5, 5.41) is 7.40. The van der Waals surface area contributed by atoms with E-state index in [4.69, 9.17) is 0 Å². The molecule has 2 aromatic heterocycles. The molecule has 1 amide bonds. The van der Waals surface area contributed by atoms with Gasteiger partial charge in [-0.15, -0.1) is 0 Å². The van der Waals surface area contributed by atoms with Gasteiger partial charge >= 0.3 is 0 Å². The number of pyridine rings is 1. The molecule has 2 heterocycles. The lowest BCUT2D eigenvalue weighted by Crippen LogP contribution is -2.14. The third-order valence-electron chi connectivity index (χ3n) is 4.44. The van der Waals surface area contributed by atoms with Gasteiger partial charge in [-0.3, -0.25) is 9.78 Å². The number of amides is 1. The summed E-state index contributed by atoms with van der Waals surface area (Å²) in [6, 6.07) is 19.7. The van der Waals surface area contributed by atoms with Gasteiger partial charge in [0.25, 0.3) is 0 Å². The summed E-state index contributed by atoms with van der Waals surface area (Å²) < 4.78 is 0. The fourth-order valence-corrected chi connectivity index (χ4v) is 3.03. The number of aromatic nitrogens is 2. The summed E-state index contributed by atoms with van der Waals surface area (Å²) in [5.74, 6) is -0.0303. The maximum Gasteiger partial charge on any atom is 0.228 e. The van der Waals surface area contributed by atoms with E-state index in [9.17, 15) is 4.79 Å². The van der Waals surface area contributed by atoms with E-state index < -0.39 is 0 Å². The molecule has 134 valence electrons. The van der Waals surface area contributed by atoms with Gasteiger partial charge in [-0.25, -0.2) is 0 Å². The molecule has 0 saturated carbocycles. The van der Waals surface area contributed by atoms with Crippen molar-refractivity contribution in [3.8, 4) is 0 Å². The highest BCUT2D eigenvalue weighted by Crippen LogP contribution is 2.19. The summed E-state index contributed by atoms with van der Waals surface area (Å²) in [4.78, 5) is 19.6. The average molecular weight is 356 g/mol. The van der Waals surface area contributed by atoms with Crippen LogP contribution in [0.4, 0.5) is 11.4 Å². The molecule has 5 nitrogen and oxygen atoms in total. The number of benzene rings is 2. The van der Waals surface area contributed by atoms with Crippen LogP contribution in [0.3, 0.4) is 0 Å². The first-order valence-electron chi connectivity index (χ1n) is 8.85. The molecule has 3 N–H and O–H groups in total. The number of H-pyrrole nitrogens is 1. The minimum Gasteiger partial charge on any atom is -0.381 e. The lowest BCUT2D eigenvalue weighted by Gasteiger charge is -2.09. The van der Waals surface area contributed by atoms with E-state index in [0.717, 1.165) is 34.4 Å². The molecule has 4 aromatic rings. The molecule has 4 rings (SSSR count). The van der Waals surface area contributed by atoms with Crippen molar-refractivity contribution in [3.63, 3.8) is 0 Å². The molecule has 0 radical (unpaired) electrons. The van der Waals surface area contributed by atoms with Crippen molar-refractivity contribution in [1.29, 1.82) is 0 Å². The lowest BCUT2D eigenvalue weighted by molar-refractivity contribution is -0.115. The zero-order valence-electron chi connectivity index (χ0n) is 14.8. The van der Waals surface area contributed by atoms with Crippen molar-refractivity contribution < 1.29 is 4.79 Å². The molecule has 0 bridgehead atoms. The van der Waals surface area contributed by atoms with E-state index >= 15 is 0 Å². The van der Waals surface area contributed by atoms with Gasteiger partial charge in [-0.1, -0.05) is 18.2 Å². The Labute approximate surface area is 157 Å². The van der Waals surface area contributed by atoms with Crippen molar-refractivity contribution in [3.05, 3.63) is 90.4 Å². The molecule has 0 aliphatic carbocycles. The highest BCUT2D eigenvalue weighted by molar-refractivity contribution is 5.95. The van der Waals surface area contributed by atoms with E-state index in [1.807, 2.05) is 66.9 Å². The highest BCUT2D eigenvalue weighted by atomic mass is 16.1. The molecule has 0 saturated heterocycles. The number of para-hydroxylation sites is 1. The first-order chi connectivity index (χ1) is 13.3. The van der Waals surface area contributed by atoms with Crippen LogP contribution < -0.4 is 10.6 Å². The van der Waals surface area contributed by atoms with Crippen LogP contribution in [0.25, 0.3) is 10.9 Å². The van der Waals surface area contributed by atoms with Crippen LogP contribution in [-0.2, 0) is 17.8 Å². The Kier molecular flexibility index (Phi) is 4.83. The number of nitrogens with one attached hydrogen (secondary N) is 3. The van der Waals surface area contributed by atoms with Crippen LogP contribution >= 0.6 is 0 Å². The van der Waals surface area contributed by atoms with E-state index in [0.29, 0.717) is 6.42 Å². The van der Waals surface area contributed by atoms with E-state index in [2.05, 4.69) is 20.6 Å². The third-order valence-corrected chi connectivity index (χ3v) is 4.44. The number of aromatic amines is 1. The molecule has 0 spiro atoms. The first kappa shape index (κ1) is 16.8. The Morgan fingerprint density at radius 1 is 0.926 bits per heavy atom.